The number of rotatable bonds is 5. The minimum absolute atomic E-state index is 0.392. The minimum atomic E-state index is -0.392. The molecule has 6 heteroatoms. The van der Waals surface area contributed by atoms with Crippen LogP contribution in [0.4, 0.5) is 10.7 Å². The molecule has 0 spiro atoms. The molecule has 0 radical (unpaired) electrons. The summed E-state index contributed by atoms with van der Waals surface area (Å²) in [6, 6.07) is 8.20. The molecule has 3 N–H and O–H groups in total. The molecule has 0 aliphatic carbocycles. The van der Waals surface area contributed by atoms with Gasteiger partial charge < -0.3 is 15.8 Å². The number of methoxy groups -OCH3 is 1. The molecule has 2 rings (SSSR count). The Morgan fingerprint density at radius 1 is 1.43 bits per heavy atom. The Morgan fingerprint density at radius 3 is 2.76 bits per heavy atom. The summed E-state index contributed by atoms with van der Waals surface area (Å²) in [7, 11) is 1.36. The summed E-state index contributed by atoms with van der Waals surface area (Å²) in [6.45, 7) is 2.77. The van der Waals surface area contributed by atoms with Gasteiger partial charge in [-0.05, 0) is 24.3 Å². The lowest BCUT2D eigenvalue weighted by atomic mass is 10.1. The van der Waals surface area contributed by atoms with E-state index in [4.69, 9.17) is 10.5 Å². The molecule has 0 atom stereocenters. The highest BCUT2D eigenvalue weighted by atomic mass is 32.2. The SMILES string of the molecule is COC(=O)c1sc(NCc2ccccc2C)c(SC)c1N. The Hall–Kier alpha value is -1.66. The summed E-state index contributed by atoms with van der Waals surface area (Å²) in [5.74, 6) is -0.392. The molecule has 112 valence electrons. The molecule has 0 aliphatic heterocycles. The van der Waals surface area contributed by atoms with Crippen LogP contribution in [-0.2, 0) is 11.3 Å². The van der Waals surface area contributed by atoms with Gasteiger partial charge in [-0.3, -0.25) is 0 Å². The molecular formula is C15H18N2O2S2. The van der Waals surface area contributed by atoms with Gasteiger partial charge in [0.15, 0.2) is 0 Å². The van der Waals surface area contributed by atoms with Crippen LogP contribution in [0.2, 0.25) is 0 Å². The van der Waals surface area contributed by atoms with Gasteiger partial charge in [0.2, 0.25) is 0 Å². The van der Waals surface area contributed by atoms with Crippen molar-refractivity contribution in [1.82, 2.24) is 0 Å². The minimum Gasteiger partial charge on any atom is -0.465 e. The summed E-state index contributed by atoms with van der Waals surface area (Å²) in [4.78, 5) is 13.1. The first-order valence-corrected chi connectivity index (χ1v) is 8.45. The van der Waals surface area contributed by atoms with Crippen LogP contribution in [0.25, 0.3) is 0 Å². The molecule has 1 heterocycles. The number of nitrogen functional groups attached to an aromatic ring is 1. The van der Waals surface area contributed by atoms with Crippen LogP contribution in [-0.4, -0.2) is 19.3 Å². The first-order chi connectivity index (χ1) is 10.1. The summed E-state index contributed by atoms with van der Waals surface area (Å²) >= 11 is 2.86. The molecule has 0 saturated heterocycles. The second kappa shape index (κ2) is 6.87. The highest BCUT2D eigenvalue weighted by molar-refractivity contribution is 7.99. The van der Waals surface area contributed by atoms with Crippen molar-refractivity contribution in [1.29, 1.82) is 0 Å². The van der Waals surface area contributed by atoms with Crippen molar-refractivity contribution >= 4 is 39.8 Å². The maximum absolute atomic E-state index is 11.7. The second-order valence-corrected chi connectivity index (χ2v) is 6.32. The molecule has 1 aromatic carbocycles. The van der Waals surface area contributed by atoms with Crippen LogP contribution < -0.4 is 11.1 Å². The number of esters is 1. The van der Waals surface area contributed by atoms with E-state index >= 15 is 0 Å². The molecule has 21 heavy (non-hydrogen) atoms. The highest BCUT2D eigenvalue weighted by Crippen LogP contribution is 2.42. The van der Waals surface area contributed by atoms with Crippen LogP contribution in [0, 0.1) is 6.92 Å². The van der Waals surface area contributed by atoms with Crippen LogP contribution in [0.5, 0.6) is 0 Å². The topological polar surface area (TPSA) is 64.3 Å². The van der Waals surface area contributed by atoms with Gasteiger partial charge in [-0.15, -0.1) is 23.1 Å². The summed E-state index contributed by atoms with van der Waals surface area (Å²) in [5, 5.41) is 4.28. The van der Waals surface area contributed by atoms with Crippen LogP contribution in [0.15, 0.2) is 29.2 Å². The fourth-order valence-electron chi connectivity index (χ4n) is 1.98. The normalized spacial score (nSPS) is 10.4. The van der Waals surface area contributed by atoms with E-state index in [-0.39, 0.29) is 0 Å². The number of thiophene rings is 1. The van der Waals surface area contributed by atoms with E-state index in [1.54, 1.807) is 0 Å². The largest absolute Gasteiger partial charge is 0.465 e. The molecule has 0 aliphatic rings. The van der Waals surface area contributed by atoms with Crippen LogP contribution >= 0.6 is 23.1 Å². The number of aryl methyl sites for hydroxylation is 1. The Labute approximate surface area is 132 Å². The van der Waals surface area contributed by atoms with E-state index in [0.717, 1.165) is 9.90 Å². The lowest BCUT2D eigenvalue weighted by Gasteiger charge is -2.08. The molecular weight excluding hydrogens is 304 g/mol. The van der Waals surface area contributed by atoms with Crippen molar-refractivity contribution < 1.29 is 9.53 Å². The van der Waals surface area contributed by atoms with E-state index in [2.05, 4.69) is 24.4 Å². The fraction of sp³-hybridized carbons (Fsp3) is 0.267. The van der Waals surface area contributed by atoms with Gasteiger partial charge in [0.05, 0.1) is 17.7 Å². The van der Waals surface area contributed by atoms with Crippen LogP contribution in [0.1, 0.15) is 20.8 Å². The predicted octanol–water partition coefficient (Wildman–Crippen LogP) is 3.76. The number of carbonyl (C=O) groups is 1. The first kappa shape index (κ1) is 15.7. The number of nitrogens with two attached hydrogens (primary N) is 1. The van der Waals surface area contributed by atoms with E-state index < -0.39 is 5.97 Å². The number of thioether (sulfide) groups is 1. The Bertz CT molecular complexity index is 653. The molecule has 0 unspecified atom stereocenters. The molecule has 2 aromatic rings. The second-order valence-electron chi connectivity index (χ2n) is 4.48. The quantitative estimate of drug-likeness (QED) is 0.648. The number of benzene rings is 1. The van der Waals surface area contributed by atoms with Gasteiger partial charge in [-0.1, -0.05) is 24.3 Å². The number of carbonyl (C=O) groups excluding carboxylic acids is 1. The summed E-state index contributed by atoms with van der Waals surface area (Å²) < 4.78 is 4.77. The zero-order chi connectivity index (χ0) is 15.4. The maximum Gasteiger partial charge on any atom is 0.350 e. The van der Waals surface area contributed by atoms with Gasteiger partial charge in [0, 0.05) is 6.54 Å². The van der Waals surface area contributed by atoms with Gasteiger partial charge >= 0.3 is 5.97 Å². The summed E-state index contributed by atoms with van der Waals surface area (Å²) in [5.41, 5.74) is 8.98. The average Bonchev–Trinajstić information content (AvgIpc) is 2.81. The summed E-state index contributed by atoms with van der Waals surface area (Å²) in [6.07, 6.45) is 1.94. The molecule has 0 saturated carbocycles. The zero-order valence-corrected chi connectivity index (χ0v) is 13.9. The zero-order valence-electron chi connectivity index (χ0n) is 12.2. The Morgan fingerprint density at radius 2 is 2.14 bits per heavy atom. The lowest BCUT2D eigenvalue weighted by Crippen LogP contribution is -2.01. The monoisotopic (exact) mass is 322 g/mol. The van der Waals surface area contributed by atoms with Gasteiger partial charge in [0.25, 0.3) is 0 Å². The third-order valence-corrected chi connectivity index (χ3v) is 5.28. The molecule has 0 fully saturated rings. The van der Waals surface area contributed by atoms with Crippen molar-refractivity contribution in [3.63, 3.8) is 0 Å². The fourth-order valence-corrected chi connectivity index (χ4v) is 3.93. The lowest BCUT2D eigenvalue weighted by molar-refractivity contribution is 0.0607. The number of nitrogens with one attached hydrogen (secondary N) is 1. The van der Waals surface area contributed by atoms with Crippen molar-refractivity contribution in [2.24, 2.45) is 0 Å². The van der Waals surface area contributed by atoms with Gasteiger partial charge in [-0.2, -0.15) is 0 Å². The first-order valence-electron chi connectivity index (χ1n) is 6.41. The van der Waals surface area contributed by atoms with Gasteiger partial charge in [-0.25, -0.2) is 4.79 Å². The maximum atomic E-state index is 11.7. The van der Waals surface area contributed by atoms with E-state index in [9.17, 15) is 4.79 Å². The Kier molecular flexibility index (Phi) is 5.14. The van der Waals surface area contributed by atoms with Gasteiger partial charge in [0.1, 0.15) is 9.88 Å². The average molecular weight is 322 g/mol. The standard InChI is InChI=1S/C15H18N2O2S2/c1-9-6-4-5-7-10(9)8-17-14-12(20-3)11(16)13(21-14)15(18)19-2/h4-7,17H,8,16H2,1-3H3. The third-order valence-electron chi connectivity index (χ3n) is 3.18. The number of hydrogen-bond acceptors (Lipinski definition) is 6. The van der Waals surface area contributed by atoms with Crippen LogP contribution in [0.3, 0.4) is 0 Å². The smallest absolute Gasteiger partial charge is 0.350 e. The van der Waals surface area contributed by atoms with Crippen molar-refractivity contribution in [3.05, 3.63) is 40.3 Å². The van der Waals surface area contributed by atoms with Crippen molar-refractivity contribution in [2.75, 3.05) is 24.4 Å². The number of anilines is 2. The number of hydrogen-bond donors (Lipinski definition) is 2. The van der Waals surface area contributed by atoms with E-state index in [1.807, 2.05) is 18.4 Å². The Balaban J connectivity index is 2.24. The molecule has 1 aromatic heterocycles. The predicted molar refractivity (Wildman–Crippen MR) is 90.4 cm³/mol. The van der Waals surface area contributed by atoms with E-state index in [0.29, 0.717) is 17.1 Å². The van der Waals surface area contributed by atoms with E-state index in [1.165, 1.54) is 41.3 Å². The number of ether oxygens (including phenoxy) is 1. The van der Waals surface area contributed by atoms with Crippen molar-refractivity contribution in [3.8, 4) is 0 Å². The highest BCUT2D eigenvalue weighted by Gasteiger charge is 2.21. The third kappa shape index (κ3) is 3.33. The molecule has 0 bridgehead atoms. The molecule has 0 amide bonds. The van der Waals surface area contributed by atoms with Crippen molar-refractivity contribution in [2.45, 2.75) is 18.4 Å². The molecule has 4 nitrogen and oxygen atoms in total.